The number of likely N-dealkylation sites (N-methyl/N-ethyl adjacent to an activating group) is 1. The van der Waals surface area contributed by atoms with Gasteiger partial charge in [0.25, 0.3) is 0 Å². The number of benzene rings is 1. The van der Waals surface area contributed by atoms with Gasteiger partial charge in [0.05, 0.1) is 19.7 Å². The number of anilines is 1. The van der Waals surface area contributed by atoms with Crippen molar-refractivity contribution in [1.29, 1.82) is 0 Å². The Bertz CT molecular complexity index is 735. The number of ether oxygens (including phenoxy) is 1. The molecule has 2 rings (SSSR count). The molecule has 1 N–H and O–H groups in total. The molecular weight excluding hydrogens is 366 g/mol. The monoisotopic (exact) mass is 401 g/mol. The molecule has 0 heterocycles. The van der Waals surface area contributed by atoms with Crippen LogP contribution < -0.4 is 5.32 Å². The molecule has 0 saturated heterocycles. The number of allylic oxidation sites excluding steroid dienone is 2. The third-order valence-electron chi connectivity index (χ3n) is 5.19. The number of carbonyl (C=O) groups is 2. The van der Waals surface area contributed by atoms with Crippen LogP contribution in [0.3, 0.4) is 0 Å². The van der Waals surface area contributed by atoms with Gasteiger partial charge in [-0.1, -0.05) is 23.8 Å². The van der Waals surface area contributed by atoms with Gasteiger partial charge in [-0.05, 0) is 64.6 Å². The summed E-state index contributed by atoms with van der Waals surface area (Å²) in [4.78, 5) is 29.0. The van der Waals surface area contributed by atoms with Crippen LogP contribution in [0.15, 0.2) is 23.9 Å². The van der Waals surface area contributed by atoms with Crippen molar-refractivity contribution in [2.45, 2.75) is 46.5 Å². The smallest absolute Gasteiger partial charge is 0.240 e. The molecule has 0 aliphatic heterocycles. The first-order valence-electron chi connectivity index (χ1n) is 10.4. The van der Waals surface area contributed by atoms with E-state index in [1.165, 1.54) is 12.0 Å². The lowest BCUT2D eigenvalue weighted by molar-refractivity contribution is -0.131. The molecule has 0 unspecified atom stereocenters. The maximum atomic E-state index is 12.9. The predicted molar refractivity (Wildman–Crippen MR) is 117 cm³/mol. The van der Waals surface area contributed by atoms with Gasteiger partial charge in [-0.15, -0.1) is 0 Å². The third kappa shape index (κ3) is 6.98. The lowest BCUT2D eigenvalue weighted by Gasteiger charge is -2.29. The molecule has 2 amide bonds. The van der Waals surface area contributed by atoms with Crippen molar-refractivity contribution in [2.24, 2.45) is 0 Å². The largest absolute Gasteiger partial charge is 0.383 e. The first-order valence-corrected chi connectivity index (χ1v) is 10.4. The minimum absolute atomic E-state index is 0.00759. The average Bonchev–Trinajstić information content (AvgIpc) is 2.65. The van der Waals surface area contributed by atoms with E-state index in [1.807, 2.05) is 25.7 Å². The fourth-order valence-corrected chi connectivity index (χ4v) is 3.85. The Labute approximate surface area is 174 Å². The van der Waals surface area contributed by atoms with Crippen LogP contribution in [0, 0.1) is 20.8 Å². The van der Waals surface area contributed by atoms with Crippen LogP contribution in [0.1, 0.15) is 42.4 Å². The topological polar surface area (TPSA) is 61.9 Å². The van der Waals surface area contributed by atoms with Gasteiger partial charge in [-0.25, -0.2) is 0 Å². The van der Waals surface area contributed by atoms with E-state index in [-0.39, 0.29) is 24.9 Å². The summed E-state index contributed by atoms with van der Waals surface area (Å²) in [7, 11) is 3.44. The number of hydrogen-bond donors (Lipinski definition) is 1. The second-order valence-corrected chi connectivity index (χ2v) is 7.97. The van der Waals surface area contributed by atoms with Gasteiger partial charge >= 0.3 is 0 Å². The minimum atomic E-state index is -0.115. The summed E-state index contributed by atoms with van der Waals surface area (Å²) in [5.41, 5.74) is 5.21. The lowest BCUT2D eigenvalue weighted by Crippen LogP contribution is -2.42. The second-order valence-electron chi connectivity index (χ2n) is 7.97. The van der Waals surface area contributed by atoms with Gasteiger partial charge in [-0.3, -0.25) is 14.5 Å². The highest BCUT2D eigenvalue weighted by molar-refractivity contribution is 5.94. The van der Waals surface area contributed by atoms with Crippen LogP contribution in [0.5, 0.6) is 0 Å². The van der Waals surface area contributed by atoms with Crippen molar-refractivity contribution >= 4 is 17.5 Å². The number of carbonyl (C=O) groups excluding carboxylic acids is 2. The fourth-order valence-electron chi connectivity index (χ4n) is 3.85. The van der Waals surface area contributed by atoms with E-state index in [0.717, 1.165) is 41.8 Å². The van der Waals surface area contributed by atoms with Gasteiger partial charge < -0.3 is 15.0 Å². The first-order chi connectivity index (χ1) is 13.8. The molecule has 1 aromatic rings. The molecule has 0 radical (unpaired) electrons. The van der Waals surface area contributed by atoms with Crippen molar-refractivity contribution in [3.63, 3.8) is 0 Å². The van der Waals surface area contributed by atoms with E-state index < -0.39 is 0 Å². The summed E-state index contributed by atoms with van der Waals surface area (Å²) in [6.45, 7) is 7.43. The van der Waals surface area contributed by atoms with Gasteiger partial charge in [0.2, 0.25) is 11.8 Å². The molecule has 0 aromatic heterocycles. The molecule has 160 valence electrons. The summed E-state index contributed by atoms with van der Waals surface area (Å²) >= 11 is 0. The third-order valence-corrected chi connectivity index (χ3v) is 5.19. The highest BCUT2D eigenvalue weighted by atomic mass is 16.5. The number of methoxy groups -OCH3 is 1. The summed E-state index contributed by atoms with van der Waals surface area (Å²) in [6.07, 6.45) is 6.38. The molecule has 6 nitrogen and oxygen atoms in total. The Morgan fingerprint density at radius 2 is 1.79 bits per heavy atom. The standard InChI is InChI=1S/C23H35N3O3/c1-17-13-18(2)23(19(3)14-17)24-21(27)15-25(4)16-22(28)26(11-12-29-5)20-9-7-6-8-10-20/h9,13-14H,6-8,10-12,15-16H2,1-5H3,(H,24,27). The van der Waals surface area contributed by atoms with Crippen LogP contribution in [0.2, 0.25) is 0 Å². The maximum absolute atomic E-state index is 12.9. The summed E-state index contributed by atoms with van der Waals surface area (Å²) in [5.74, 6) is -0.108. The van der Waals surface area contributed by atoms with E-state index in [4.69, 9.17) is 4.74 Å². The second kappa shape index (κ2) is 11.1. The van der Waals surface area contributed by atoms with Gasteiger partial charge in [0.1, 0.15) is 0 Å². The maximum Gasteiger partial charge on any atom is 0.240 e. The van der Waals surface area contributed by atoms with Crippen molar-refractivity contribution in [3.05, 3.63) is 40.6 Å². The number of rotatable bonds is 9. The van der Waals surface area contributed by atoms with E-state index in [2.05, 4.69) is 23.5 Å². The van der Waals surface area contributed by atoms with Crippen LogP contribution in [-0.2, 0) is 14.3 Å². The Morgan fingerprint density at radius 1 is 1.10 bits per heavy atom. The zero-order valence-electron chi connectivity index (χ0n) is 18.5. The van der Waals surface area contributed by atoms with E-state index in [0.29, 0.717) is 13.2 Å². The molecule has 0 bridgehead atoms. The lowest BCUT2D eigenvalue weighted by atomic mass is 10.0. The molecule has 0 fully saturated rings. The molecule has 0 spiro atoms. The van der Waals surface area contributed by atoms with Crippen molar-refractivity contribution < 1.29 is 14.3 Å². The molecule has 29 heavy (non-hydrogen) atoms. The molecular formula is C23H35N3O3. The van der Waals surface area contributed by atoms with Gasteiger partial charge in [0, 0.05) is 25.0 Å². The van der Waals surface area contributed by atoms with Crippen molar-refractivity contribution in [1.82, 2.24) is 9.80 Å². The number of nitrogens with zero attached hydrogens (tertiary/aromatic N) is 2. The Kier molecular flexibility index (Phi) is 8.86. The summed E-state index contributed by atoms with van der Waals surface area (Å²) in [6, 6.07) is 4.11. The van der Waals surface area contributed by atoms with Gasteiger partial charge in [-0.2, -0.15) is 0 Å². The molecule has 0 atom stereocenters. The number of nitrogens with one attached hydrogen (secondary N) is 1. The first kappa shape index (κ1) is 23.1. The van der Waals surface area contributed by atoms with E-state index >= 15 is 0 Å². The Balaban J connectivity index is 1.95. The van der Waals surface area contributed by atoms with E-state index in [1.54, 1.807) is 19.1 Å². The fraction of sp³-hybridized carbons (Fsp3) is 0.565. The highest BCUT2D eigenvalue weighted by Crippen LogP contribution is 2.22. The van der Waals surface area contributed by atoms with Crippen LogP contribution in [-0.4, -0.2) is 62.0 Å². The zero-order valence-corrected chi connectivity index (χ0v) is 18.5. The van der Waals surface area contributed by atoms with Crippen LogP contribution >= 0.6 is 0 Å². The quantitative estimate of drug-likeness (QED) is 0.689. The zero-order chi connectivity index (χ0) is 21.4. The normalized spacial score (nSPS) is 13.9. The van der Waals surface area contributed by atoms with Crippen LogP contribution in [0.25, 0.3) is 0 Å². The number of hydrogen-bond acceptors (Lipinski definition) is 4. The Morgan fingerprint density at radius 3 is 2.38 bits per heavy atom. The number of amides is 2. The molecule has 1 aromatic carbocycles. The highest BCUT2D eigenvalue weighted by Gasteiger charge is 2.21. The van der Waals surface area contributed by atoms with Crippen molar-refractivity contribution in [3.8, 4) is 0 Å². The molecule has 1 aliphatic rings. The Hall–Kier alpha value is -2.18. The number of aryl methyl sites for hydroxylation is 3. The molecule has 6 heteroatoms. The SMILES string of the molecule is COCCN(C(=O)CN(C)CC(=O)Nc1c(C)cc(C)cc1C)C1=CCCCC1. The van der Waals surface area contributed by atoms with E-state index in [9.17, 15) is 9.59 Å². The summed E-state index contributed by atoms with van der Waals surface area (Å²) in [5, 5.41) is 3.00. The molecule has 0 saturated carbocycles. The van der Waals surface area contributed by atoms with Gasteiger partial charge in [0.15, 0.2) is 0 Å². The minimum Gasteiger partial charge on any atom is -0.383 e. The average molecular weight is 402 g/mol. The van der Waals surface area contributed by atoms with Crippen LogP contribution in [0.4, 0.5) is 5.69 Å². The molecule has 1 aliphatic carbocycles. The predicted octanol–water partition coefficient (Wildman–Crippen LogP) is 3.42. The van der Waals surface area contributed by atoms with Crippen molar-refractivity contribution in [2.75, 3.05) is 45.7 Å². The summed E-state index contributed by atoms with van der Waals surface area (Å²) < 4.78 is 5.18.